The van der Waals surface area contributed by atoms with Crippen molar-refractivity contribution in [3.05, 3.63) is 75.8 Å². The lowest BCUT2D eigenvalue weighted by Gasteiger charge is -2.29. The maximum Gasteiger partial charge on any atom is 0.142 e. The number of nitrogens with one attached hydrogen (secondary N) is 1. The maximum atomic E-state index is 10.6. The van der Waals surface area contributed by atoms with Crippen molar-refractivity contribution in [3.8, 4) is 28.4 Å². The second-order valence-electron chi connectivity index (χ2n) is 15.9. The Bertz CT molecular complexity index is 1680. The lowest BCUT2D eigenvalue weighted by molar-refractivity contribution is 0.0800. The number of hydrogen-bond acceptors (Lipinski definition) is 9. The number of benzene rings is 3. The second kappa shape index (κ2) is 18.8. The van der Waals surface area contributed by atoms with Gasteiger partial charge in [0, 0.05) is 63.5 Å². The zero-order valence-electron chi connectivity index (χ0n) is 32.0. The molecule has 0 spiro atoms. The summed E-state index contributed by atoms with van der Waals surface area (Å²) < 4.78 is 19.5. The summed E-state index contributed by atoms with van der Waals surface area (Å²) in [6.07, 6.45) is 9.26. The number of aliphatic hydroxyl groups is 3. The number of aliphatic hydroxyl groups excluding tert-OH is 3. The quantitative estimate of drug-likeness (QED) is 0.117. The zero-order chi connectivity index (χ0) is 37.4. The fourth-order valence-electron chi connectivity index (χ4n) is 8.83. The molecule has 3 fully saturated rings. The van der Waals surface area contributed by atoms with Gasteiger partial charge in [0.05, 0.1) is 36.5 Å². The van der Waals surface area contributed by atoms with Gasteiger partial charge in [-0.2, -0.15) is 0 Å². The van der Waals surface area contributed by atoms with E-state index in [0.717, 1.165) is 133 Å². The average molecular weight is 762 g/mol. The number of likely N-dealkylation sites (tertiary alicyclic amines) is 2. The number of piperidine rings is 1. The first kappa shape index (κ1) is 39.3. The van der Waals surface area contributed by atoms with Gasteiger partial charge in [-0.25, -0.2) is 0 Å². The zero-order valence-corrected chi connectivity index (χ0v) is 32.7. The molecule has 1 saturated carbocycles. The first-order chi connectivity index (χ1) is 26.3. The van der Waals surface area contributed by atoms with Crippen LogP contribution < -0.4 is 19.5 Å². The normalized spacial score (nSPS) is 23.8. The molecule has 4 N–H and O–H groups in total. The van der Waals surface area contributed by atoms with Crippen LogP contribution in [0.4, 0.5) is 0 Å². The minimum absolute atomic E-state index is 0.0593. The Morgan fingerprint density at radius 2 is 1.46 bits per heavy atom. The Labute approximate surface area is 326 Å². The lowest BCUT2D eigenvalue weighted by Crippen LogP contribution is -2.41. The molecule has 4 atom stereocenters. The summed E-state index contributed by atoms with van der Waals surface area (Å²) in [6, 6.07) is 16.8. The van der Waals surface area contributed by atoms with Gasteiger partial charge in [-0.15, -0.1) is 0 Å². The summed E-state index contributed by atoms with van der Waals surface area (Å²) in [7, 11) is 0. The van der Waals surface area contributed by atoms with Crippen LogP contribution in [0, 0.1) is 6.92 Å². The van der Waals surface area contributed by atoms with Crippen molar-refractivity contribution in [2.24, 2.45) is 0 Å². The molecule has 0 amide bonds. The molecule has 54 heavy (non-hydrogen) atoms. The Morgan fingerprint density at radius 3 is 2.24 bits per heavy atom. The Hall–Kier alpha value is -2.89. The third-order valence-corrected chi connectivity index (χ3v) is 12.3. The number of nitrogens with zero attached hydrogens (tertiary/aromatic N) is 2. The van der Waals surface area contributed by atoms with E-state index >= 15 is 0 Å². The lowest BCUT2D eigenvalue weighted by atomic mass is 9.92. The molecule has 2 saturated heterocycles. The van der Waals surface area contributed by atoms with Crippen LogP contribution in [0.1, 0.15) is 92.6 Å². The minimum atomic E-state index is -0.338. The first-order valence-corrected chi connectivity index (χ1v) is 20.9. The molecule has 7 rings (SSSR count). The van der Waals surface area contributed by atoms with Crippen molar-refractivity contribution >= 4 is 11.6 Å². The summed E-state index contributed by atoms with van der Waals surface area (Å²) in [4.78, 5) is 4.71. The summed E-state index contributed by atoms with van der Waals surface area (Å²) in [5, 5.41) is 34.5. The summed E-state index contributed by atoms with van der Waals surface area (Å²) in [5.41, 5.74) is 7.01. The molecule has 10 heteroatoms. The van der Waals surface area contributed by atoms with Crippen LogP contribution >= 0.6 is 11.6 Å². The number of β-amino-alcohol motifs (C(OH)–C–C–N with tert-alkyl or cyclic N) is 1. The average Bonchev–Trinajstić information content (AvgIpc) is 3.79. The van der Waals surface area contributed by atoms with Gasteiger partial charge in [-0.3, -0.25) is 0 Å². The summed E-state index contributed by atoms with van der Waals surface area (Å²) in [6.45, 7) is 9.37. The molecule has 2 aliphatic heterocycles. The molecular weight excluding hydrogens is 702 g/mol. The molecule has 0 aromatic heterocycles. The van der Waals surface area contributed by atoms with Gasteiger partial charge < -0.3 is 44.6 Å². The van der Waals surface area contributed by atoms with E-state index in [-0.39, 0.29) is 30.5 Å². The van der Waals surface area contributed by atoms with E-state index in [1.807, 2.05) is 12.1 Å². The van der Waals surface area contributed by atoms with Gasteiger partial charge >= 0.3 is 0 Å². The highest BCUT2D eigenvalue weighted by Gasteiger charge is 2.29. The molecule has 0 radical (unpaired) electrons. The number of halogens is 1. The van der Waals surface area contributed by atoms with Gasteiger partial charge in [0.15, 0.2) is 0 Å². The van der Waals surface area contributed by atoms with Crippen molar-refractivity contribution in [1.29, 1.82) is 0 Å². The molecular formula is C44H60ClN3O6. The molecule has 0 unspecified atom stereocenters. The highest BCUT2D eigenvalue weighted by Crippen LogP contribution is 2.44. The van der Waals surface area contributed by atoms with E-state index in [2.05, 4.69) is 58.4 Å². The molecule has 2 heterocycles. The second-order valence-corrected chi connectivity index (χ2v) is 16.3. The third-order valence-electron chi connectivity index (χ3n) is 12.0. The summed E-state index contributed by atoms with van der Waals surface area (Å²) >= 11 is 6.97. The van der Waals surface area contributed by atoms with Crippen molar-refractivity contribution in [3.63, 3.8) is 0 Å². The largest absolute Gasteiger partial charge is 0.493 e. The van der Waals surface area contributed by atoms with Crippen LogP contribution in [0.25, 0.3) is 11.1 Å². The molecule has 3 aromatic rings. The fourth-order valence-corrected chi connectivity index (χ4v) is 9.07. The third kappa shape index (κ3) is 9.91. The van der Waals surface area contributed by atoms with E-state index in [4.69, 9.17) is 25.8 Å². The van der Waals surface area contributed by atoms with Gasteiger partial charge in [-0.05, 0) is 105 Å². The van der Waals surface area contributed by atoms with Gasteiger partial charge in [0.25, 0.3) is 0 Å². The Morgan fingerprint density at radius 1 is 0.759 bits per heavy atom. The standard InChI is InChI=1S/C44H60ClN3O6/c1-30-34(8-5-13-41(30)52-24-6-19-47-21-16-32(49)17-22-47)35-9-4-10-37-36(35)14-15-42(37)54-44-27-43(53-25-7-20-48-23-18-33(50)29-48)31(26-38(44)45)28-46-39-11-2-3-12-40(39)51/h4-5,8-10,13,26-27,32-33,39-40,42,46,49-51H,2-3,6-7,11-12,14-25,28-29H2,1H3/t33-,39-,40+,42+/m1/s1. The number of fused-ring (bicyclic) bond motifs is 1. The molecule has 2 aliphatic carbocycles. The smallest absolute Gasteiger partial charge is 0.142 e. The van der Waals surface area contributed by atoms with Crippen LogP contribution in [0.2, 0.25) is 5.02 Å². The van der Waals surface area contributed by atoms with Crippen LogP contribution in [0.15, 0.2) is 48.5 Å². The van der Waals surface area contributed by atoms with Crippen molar-refractivity contribution in [1.82, 2.24) is 15.1 Å². The molecule has 3 aromatic carbocycles. The maximum absolute atomic E-state index is 10.6. The number of ether oxygens (including phenoxy) is 3. The van der Waals surface area contributed by atoms with E-state index < -0.39 is 0 Å². The van der Waals surface area contributed by atoms with Gasteiger partial charge in [0.1, 0.15) is 23.4 Å². The van der Waals surface area contributed by atoms with Crippen molar-refractivity contribution < 1.29 is 29.5 Å². The number of hydrogen-bond donors (Lipinski definition) is 4. The molecule has 9 nitrogen and oxygen atoms in total. The van der Waals surface area contributed by atoms with Crippen LogP contribution in [-0.4, -0.2) is 102 Å². The molecule has 4 aliphatic rings. The van der Waals surface area contributed by atoms with E-state index in [9.17, 15) is 15.3 Å². The van der Waals surface area contributed by atoms with E-state index in [1.165, 1.54) is 22.3 Å². The Kier molecular flexibility index (Phi) is 13.7. The van der Waals surface area contributed by atoms with Crippen LogP contribution in [0.3, 0.4) is 0 Å². The summed E-state index contributed by atoms with van der Waals surface area (Å²) in [5.74, 6) is 2.30. The highest BCUT2D eigenvalue weighted by molar-refractivity contribution is 6.32. The van der Waals surface area contributed by atoms with E-state index in [0.29, 0.717) is 30.5 Å². The highest BCUT2D eigenvalue weighted by atomic mass is 35.5. The van der Waals surface area contributed by atoms with Crippen molar-refractivity contribution in [2.45, 2.75) is 115 Å². The van der Waals surface area contributed by atoms with Gasteiger partial charge in [-0.1, -0.05) is 54.8 Å². The Balaban J connectivity index is 1.03. The van der Waals surface area contributed by atoms with Gasteiger partial charge in [0.2, 0.25) is 0 Å². The van der Waals surface area contributed by atoms with Crippen LogP contribution in [0.5, 0.6) is 17.2 Å². The monoisotopic (exact) mass is 761 g/mol. The molecule has 0 bridgehead atoms. The fraction of sp³-hybridized carbons (Fsp3) is 0.591. The SMILES string of the molecule is Cc1c(OCCCN2CCC(O)CC2)cccc1-c1cccc2c1CC[C@@H]2Oc1cc(OCCCN2CC[C@@H](O)C2)c(CN[C@@H]2CCCC[C@@H]2O)cc1Cl. The van der Waals surface area contributed by atoms with E-state index in [1.54, 1.807) is 0 Å². The number of rotatable bonds is 16. The van der Waals surface area contributed by atoms with Crippen molar-refractivity contribution in [2.75, 3.05) is 52.5 Å². The van der Waals surface area contributed by atoms with Crippen LogP contribution in [-0.2, 0) is 13.0 Å². The predicted molar refractivity (Wildman–Crippen MR) is 214 cm³/mol. The topological polar surface area (TPSA) is 107 Å². The predicted octanol–water partition coefficient (Wildman–Crippen LogP) is 6.84. The first-order valence-electron chi connectivity index (χ1n) is 20.5. The molecule has 294 valence electrons. The minimum Gasteiger partial charge on any atom is -0.493 e.